The predicted octanol–water partition coefficient (Wildman–Crippen LogP) is 2.81. The molecule has 18 heavy (non-hydrogen) atoms. The highest BCUT2D eigenvalue weighted by atomic mass is 15.1. The fraction of sp³-hybridized carbons (Fsp3) is 0.667. The lowest BCUT2D eigenvalue weighted by molar-refractivity contribution is 0.277. The van der Waals surface area contributed by atoms with Crippen molar-refractivity contribution in [3.8, 4) is 0 Å². The van der Waals surface area contributed by atoms with E-state index in [1.165, 1.54) is 17.7 Å². The van der Waals surface area contributed by atoms with Gasteiger partial charge in [0.15, 0.2) is 0 Å². The Morgan fingerprint density at radius 2 is 2.06 bits per heavy atom. The van der Waals surface area contributed by atoms with E-state index in [0.717, 1.165) is 26.2 Å². The van der Waals surface area contributed by atoms with Crippen LogP contribution in [0.5, 0.6) is 0 Å². The van der Waals surface area contributed by atoms with E-state index in [0.29, 0.717) is 6.04 Å². The van der Waals surface area contributed by atoms with Crippen molar-refractivity contribution in [3.05, 3.63) is 29.6 Å². The summed E-state index contributed by atoms with van der Waals surface area (Å²) in [5.74, 6) is 0. The maximum atomic E-state index is 4.54. The van der Waals surface area contributed by atoms with Gasteiger partial charge < -0.3 is 5.32 Å². The molecule has 1 heterocycles. The minimum Gasteiger partial charge on any atom is -0.310 e. The Hall–Kier alpha value is -0.930. The van der Waals surface area contributed by atoms with Crippen LogP contribution in [0.4, 0.5) is 0 Å². The molecule has 3 nitrogen and oxygen atoms in total. The third kappa shape index (κ3) is 5.61. The number of aromatic nitrogens is 1. The summed E-state index contributed by atoms with van der Waals surface area (Å²) in [5, 5.41) is 3.40. The van der Waals surface area contributed by atoms with Crippen molar-refractivity contribution in [1.82, 2.24) is 15.2 Å². The highest BCUT2D eigenvalue weighted by Crippen LogP contribution is 2.05. The predicted molar refractivity (Wildman–Crippen MR) is 77.5 cm³/mol. The van der Waals surface area contributed by atoms with Crippen molar-refractivity contribution in [2.45, 2.75) is 53.2 Å². The molecular weight excluding hydrogens is 222 g/mol. The lowest BCUT2D eigenvalue weighted by atomic mass is 10.2. The van der Waals surface area contributed by atoms with E-state index in [9.17, 15) is 0 Å². The lowest BCUT2D eigenvalue weighted by Crippen LogP contribution is -2.24. The SMILES string of the molecule is CCCN(CC)Cc1ccc(CNC(C)C)cn1. The van der Waals surface area contributed by atoms with Crippen molar-refractivity contribution in [3.63, 3.8) is 0 Å². The molecule has 0 fully saturated rings. The molecule has 1 rings (SSSR count). The monoisotopic (exact) mass is 249 g/mol. The maximum absolute atomic E-state index is 4.54. The van der Waals surface area contributed by atoms with Gasteiger partial charge in [-0.05, 0) is 31.1 Å². The van der Waals surface area contributed by atoms with Gasteiger partial charge in [-0.15, -0.1) is 0 Å². The highest BCUT2D eigenvalue weighted by molar-refractivity contribution is 5.14. The first-order valence-electron chi connectivity index (χ1n) is 7.05. The van der Waals surface area contributed by atoms with Gasteiger partial charge in [0.2, 0.25) is 0 Å². The van der Waals surface area contributed by atoms with Crippen molar-refractivity contribution >= 4 is 0 Å². The van der Waals surface area contributed by atoms with Crippen LogP contribution in [0.2, 0.25) is 0 Å². The summed E-state index contributed by atoms with van der Waals surface area (Å²) in [7, 11) is 0. The van der Waals surface area contributed by atoms with E-state index in [1.807, 2.05) is 6.20 Å². The Morgan fingerprint density at radius 1 is 1.28 bits per heavy atom. The van der Waals surface area contributed by atoms with Crippen LogP contribution < -0.4 is 5.32 Å². The Bertz CT molecular complexity index is 319. The second kappa shape index (κ2) is 8.22. The Balaban J connectivity index is 2.48. The van der Waals surface area contributed by atoms with Gasteiger partial charge in [0, 0.05) is 25.3 Å². The van der Waals surface area contributed by atoms with E-state index in [2.05, 4.69) is 55.0 Å². The normalized spacial score (nSPS) is 11.4. The van der Waals surface area contributed by atoms with Crippen LogP contribution in [0.1, 0.15) is 45.4 Å². The number of hydrogen-bond acceptors (Lipinski definition) is 3. The molecule has 0 aliphatic carbocycles. The molecule has 1 aromatic heterocycles. The van der Waals surface area contributed by atoms with Crippen LogP contribution in [0.25, 0.3) is 0 Å². The van der Waals surface area contributed by atoms with Gasteiger partial charge in [0.05, 0.1) is 5.69 Å². The van der Waals surface area contributed by atoms with Gasteiger partial charge >= 0.3 is 0 Å². The zero-order valence-electron chi connectivity index (χ0n) is 12.2. The molecule has 0 saturated carbocycles. The van der Waals surface area contributed by atoms with E-state index in [4.69, 9.17) is 0 Å². The molecule has 3 heteroatoms. The smallest absolute Gasteiger partial charge is 0.0544 e. The molecule has 0 aliphatic heterocycles. The number of hydrogen-bond donors (Lipinski definition) is 1. The molecule has 0 unspecified atom stereocenters. The molecular formula is C15H27N3. The zero-order chi connectivity index (χ0) is 13.4. The third-order valence-electron chi connectivity index (χ3n) is 2.97. The highest BCUT2D eigenvalue weighted by Gasteiger charge is 2.03. The number of nitrogens with one attached hydrogen (secondary N) is 1. The van der Waals surface area contributed by atoms with Gasteiger partial charge in [-0.3, -0.25) is 9.88 Å². The summed E-state index contributed by atoms with van der Waals surface area (Å²) in [6.07, 6.45) is 3.19. The Kier molecular flexibility index (Phi) is 6.91. The summed E-state index contributed by atoms with van der Waals surface area (Å²) in [4.78, 5) is 6.97. The van der Waals surface area contributed by atoms with Gasteiger partial charge in [-0.25, -0.2) is 0 Å². The largest absolute Gasteiger partial charge is 0.310 e. The molecule has 0 radical (unpaired) electrons. The minimum atomic E-state index is 0.518. The first-order valence-corrected chi connectivity index (χ1v) is 7.05. The first-order chi connectivity index (χ1) is 8.65. The van der Waals surface area contributed by atoms with Gasteiger partial charge in [-0.2, -0.15) is 0 Å². The van der Waals surface area contributed by atoms with Crippen LogP contribution >= 0.6 is 0 Å². The molecule has 102 valence electrons. The Morgan fingerprint density at radius 3 is 2.56 bits per heavy atom. The van der Waals surface area contributed by atoms with E-state index in [1.54, 1.807) is 0 Å². The van der Waals surface area contributed by atoms with E-state index < -0.39 is 0 Å². The van der Waals surface area contributed by atoms with Gasteiger partial charge in [0.25, 0.3) is 0 Å². The Labute approximate surface area is 112 Å². The maximum Gasteiger partial charge on any atom is 0.0544 e. The third-order valence-corrected chi connectivity index (χ3v) is 2.97. The van der Waals surface area contributed by atoms with Crippen molar-refractivity contribution in [2.24, 2.45) is 0 Å². The average Bonchev–Trinajstić information content (AvgIpc) is 2.37. The summed E-state index contributed by atoms with van der Waals surface area (Å²) in [6.45, 7) is 12.8. The van der Waals surface area contributed by atoms with Crippen LogP contribution in [0.15, 0.2) is 18.3 Å². The average molecular weight is 249 g/mol. The quantitative estimate of drug-likeness (QED) is 0.768. The molecule has 1 N–H and O–H groups in total. The molecule has 0 atom stereocenters. The van der Waals surface area contributed by atoms with Crippen molar-refractivity contribution in [1.29, 1.82) is 0 Å². The summed E-state index contributed by atoms with van der Waals surface area (Å²) >= 11 is 0. The molecule has 0 spiro atoms. The topological polar surface area (TPSA) is 28.2 Å². The molecule has 0 amide bonds. The standard InChI is InChI=1S/C15H27N3/c1-5-9-18(6-2)12-15-8-7-14(11-17-15)10-16-13(3)4/h7-8,11,13,16H,5-6,9-10,12H2,1-4H3. The van der Waals surface area contributed by atoms with Crippen molar-refractivity contribution in [2.75, 3.05) is 13.1 Å². The number of rotatable bonds is 8. The second-order valence-corrected chi connectivity index (χ2v) is 5.06. The number of pyridine rings is 1. The fourth-order valence-corrected chi connectivity index (χ4v) is 1.87. The number of nitrogens with zero attached hydrogens (tertiary/aromatic N) is 2. The van der Waals surface area contributed by atoms with E-state index in [-0.39, 0.29) is 0 Å². The first kappa shape index (κ1) is 15.1. The van der Waals surface area contributed by atoms with Crippen molar-refractivity contribution < 1.29 is 0 Å². The lowest BCUT2D eigenvalue weighted by Gasteiger charge is -2.19. The van der Waals surface area contributed by atoms with Gasteiger partial charge in [-0.1, -0.05) is 33.8 Å². The van der Waals surface area contributed by atoms with Crippen LogP contribution in [0.3, 0.4) is 0 Å². The summed E-state index contributed by atoms with van der Waals surface area (Å²) < 4.78 is 0. The molecule has 0 aromatic carbocycles. The van der Waals surface area contributed by atoms with Crippen LogP contribution in [-0.2, 0) is 13.1 Å². The molecule has 0 aliphatic rings. The van der Waals surface area contributed by atoms with Crippen LogP contribution in [-0.4, -0.2) is 29.0 Å². The summed E-state index contributed by atoms with van der Waals surface area (Å²) in [5.41, 5.74) is 2.42. The minimum absolute atomic E-state index is 0.518. The fourth-order valence-electron chi connectivity index (χ4n) is 1.87. The van der Waals surface area contributed by atoms with E-state index >= 15 is 0 Å². The molecule has 0 bridgehead atoms. The zero-order valence-corrected chi connectivity index (χ0v) is 12.2. The molecule has 0 saturated heterocycles. The van der Waals surface area contributed by atoms with Crippen LogP contribution in [0, 0.1) is 0 Å². The van der Waals surface area contributed by atoms with Gasteiger partial charge in [0.1, 0.15) is 0 Å². The summed E-state index contributed by atoms with van der Waals surface area (Å²) in [6, 6.07) is 4.84. The molecule has 1 aromatic rings. The second-order valence-electron chi connectivity index (χ2n) is 5.06.